The molecule has 0 aliphatic heterocycles. The number of benzene rings is 5. The standard InChI is InChI=1S/C28H21N/c1-2-21-13-14-22-19-25-20-28(16-15-23(25)18-24(22)17-21)29(26-9-5-3-6-10-26)27-11-7-4-8-12-27/h2-20H,1H2. The van der Waals surface area contributed by atoms with Gasteiger partial charge < -0.3 is 4.90 Å². The molecule has 0 atom stereocenters. The first-order chi connectivity index (χ1) is 14.3. The largest absolute Gasteiger partial charge is 0.310 e. The molecule has 0 heterocycles. The van der Waals surface area contributed by atoms with Crippen molar-refractivity contribution in [3.63, 3.8) is 0 Å². The fourth-order valence-electron chi connectivity index (χ4n) is 3.87. The van der Waals surface area contributed by atoms with Gasteiger partial charge in [-0.1, -0.05) is 67.3 Å². The second-order valence-corrected chi connectivity index (χ2v) is 7.20. The van der Waals surface area contributed by atoms with Crippen LogP contribution in [0.5, 0.6) is 0 Å². The fraction of sp³-hybridized carbons (Fsp3) is 0. The molecule has 0 spiro atoms. The molecule has 0 saturated carbocycles. The number of para-hydroxylation sites is 2. The van der Waals surface area contributed by atoms with Crippen LogP contribution < -0.4 is 4.90 Å². The zero-order chi connectivity index (χ0) is 19.6. The number of hydrogen-bond acceptors (Lipinski definition) is 1. The Bertz CT molecular complexity index is 1260. The van der Waals surface area contributed by atoms with Gasteiger partial charge in [0.2, 0.25) is 0 Å². The van der Waals surface area contributed by atoms with Gasteiger partial charge in [-0.3, -0.25) is 0 Å². The lowest BCUT2D eigenvalue weighted by Crippen LogP contribution is -2.09. The Kier molecular flexibility index (Phi) is 4.34. The zero-order valence-corrected chi connectivity index (χ0v) is 16.1. The zero-order valence-electron chi connectivity index (χ0n) is 16.1. The first-order valence-corrected chi connectivity index (χ1v) is 9.82. The molecule has 0 radical (unpaired) electrons. The molecule has 0 aliphatic rings. The van der Waals surface area contributed by atoms with Crippen molar-refractivity contribution in [2.45, 2.75) is 0 Å². The molecule has 5 aromatic carbocycles. The van der Waals surface area contributed by atoms with Crippen molar-refractivity contribution < 1.29 is 0 Å². The van der Waals surface area contributed by atoms with Crippen molar-refractivity contribution in [2.24, 2.45) is 0 Å². The average Bonchev–Trinajstić information content (AvgIpc) is 2.79. The molecule has 0 N–H and O–H groups in total. The summed E-state index contributed by atoms with van der Waals surface area (Å²) in [5, 5.41) is 4.96. The summed E-state index contributed by atoms with van der Waals surface area (Å²) in [6.07, 6.45) is 1.89. The summed E-state index contributed by atoms with van der Waals surface area (Å²) >= 11 is 0. The minimum absolute atomic E-state index is 1.15. The van der Waals surface area contributed by atoms with Crippen LogP contribution in [0.2, 0.25) is 0 Å². The summed E-state index contributed by atoms with van der Waals surface area (Å²) in [5.74, 6) is 0. The summed E-state index contributed by atoms with van der Waals surface area (Å²) < 4.78 is 0. The average molecular weight is 371 g/mol. The highest BCUT2D eigenvalue weighted by molar-refractivity contribution is 6.00. The predicted molar refractivity (Wildman–Crippen MR) is 126 cm³/mol. The molecule has 138 valence electrons. The third kappa shape index (κ3) is 3.28. The molecule has 0 unspecified atom stereocenters. The van der Waals surface area contributed by atoms with Gasteiger partial charge in [0.25, 0.3) is 0 Å². The van der Waals surface area contributed by atoms with E-state index in [-0.39, 0.29) is 0 Å². The molecular weight excluding hydrogens is 350 g/mol. The van der Waals surface area contributed by atoms with Gasteiger partial charge in [-0.05, 0) is 81.7 Å². The van der Waals surface area contributed by atoms with Crippen LogP contribution in [0.15, 0.2) is 116 Å². The topological polar surface area (TPSA) is 3.24 Å². The lowest BCUT2D eigenvalue weighted by atomic mass is 10.0. The van der Waals surface area contributed by atoms with E-state index >= 15 is 0 Å². The summed E-state index contributed by atoms with van der Waals surface area (Å²) in [5.41, 5.74) is 4.59. The van der Waals surface area contributed by atoms with E-state index in [4.69, 9.17) is 0 Å². The maximum atomic E-state index is 3.88. The second kappa shape index (κ2) is 7.29. The number of nitrogens with zero attached hydrogens (tertiary/aromatic N) is 1. The van der Waals surface area contributed by atoms with E-state index in [1.807, 2.05) is 6.08 Å². The van der Waals surface area contributed by atoms with Crippen LogP contribution in [-0.4, -0.2) is 0 Å². The highest BCUT2D eigenvalue weighted by Crippen LogP contribution is 2.36. The maximum Gasteiger partial charge on any atom is 0.0468 e. The van der Waals surface area contributed by atoms with Crippen molar-refractivity contribution in [3.05, 3.63) is 121 Å². The molecule has 0 aromatic heterocycles. The monoisotopic (exact) mass is 371 g/mol. The summed E-state index contributed by atoms with van der Waals surface area (Å²) in [6.45, 7) is 3.88. The fourth-order valence-corrected chi connectivity index (χ4v) is 3.87. The summed E-state index contributed by atoms with van der Waals surface area (Å²) in [6, 6.07) is 38.7. The highest BCUT2D eigenvalue weighted by Gasteiger charge is 2.12. The molecule has 0 fully saturated rings. The van der Waals surface area contributed by atoms with E-state index in [1.54, 1.807) is 0 Å². The number of hydrogen-bond donors (Lipinski definition) is 0. The van der Waals surface area contributed by atoms with E-state index < -0.39 is 0 Å². The van der Waals surface area contributed by atoms with E-state index in [2.05, 4.69) is 121 Å². The summed E-state index contributed by atoms with van der Waals surface area (Å²) in [7, 11) is 0. The Morgan fingerprint density at radius 1 is 0.483 bits per heavy atom. The van der Waals surface area contributed by atoms with Gasteiger partial charge in [0.15, 0.2) is 0 Å². The predicted octanol–water partition coefficient (Wildman–Crippen LogP) is 8.11. The molecule has 0 amide bonds. The van der Waals surface area contributed by atoms with Gasteiger partial charge in [-0.2, -0.15) is 0 Å². The number of anilines is 3. The first-order valence-electron chi connectivity index (χ1n) is 9.82. The molecular formula is C28H21N. The molecule has 1 heteroatoms. The number of fused-ring (bicyclic) bond motifs is 2. The first kappa shape index (κ1) is 17.3. The smallest absolute Gasteiger partial charge is 0.0468 e. The van der Waals surface area contributed by atoms with E-state index in [1.165, 1.54) is 21.5 Å². The lowest BCUT2D eigenvalue weighted by Gasteiger charge is -2.25. The van der Waals surface area contributed by atoms with Crippen molar-refractivity contribution >= 4 is 44.7 Å². The van der Waals surface area contributed by atoms with Crippen molar-refractivity contribution in [1.29, 1.82) is 0 Å². The highest BCUT2D eigenvalue weighted by atomic mass is 15.1. The van der Waals surface area contributed by atoms with Gasteiger partial charge in [0, 0.05) is 17.1 Å². The van der Waals surface area contributed by atoms with Gasteiger partial charge in [0.1, 0.15) is 0 Å². The quantitative estimate of drug-likeness (QED) is 0.288. The van der Waals surface area contributed by atoms with Gasteiger partial charge in [-0.25, -0.2) is 0 Å². The molecule has 0 aliphatic carbocycles. The lowest BCUT2D eigenvalue weighted by molar-refractivity contribution is 1.29. The molecule has 1 nitrogen and oxygen atoms in total. The minimum Gasteiger partial charge on any atom is -0.310 e. The molecule has 5 aromatic rings. The second-order valence-electron chi connectivity index (χ2n) is 7.20. The Morgan fingerprint density at radius 2 is 1.03 bits per heavy atom. The van der Waals surface area contributed by atoms with E-state index in [0.717, 1.165) is 22.6 Å². The summed E-state index contributed by atoms with van der Waals surface area (Å²) in [4.78, 5) is 2.30. The van der Waals surface area contributed by atoms with Crippen LogP contribution in [0.3, 0.4) is 0 Å². The SMILES string of the molecule is C=Cc1ccc2cc3cc(N(c4ccccc4)c4ccccc4)ccc3cc2c1. The maximum absolute atomic E-state index is 3.88. The Balaban J connectivity index is 1.69. The van der Waals surface area contributed by atoms with Gasteiger partial charge in [-0.15, -0.1) is 0 Å². The van der Waals surface area contributed by atoms with Crippen molar-refractivity contribution in [1.82, 2.24) is 0 Å². The Morgan fingerprint density at radius 3 is 1.62 bits per heavy atom. The normalized spacial score (nSPS) is 10.9. The van der Waals surface area contributed by atoms with Crippen molar-refractivity contribution in [2.75, 3.05) is 4.90 Å². The van der Waals surface area contributed by atoms with Crippen LogP contribution in [0.25, 0.3) is 27.6 Å². The molecule has 0 bridgehead atoms. The van der Waals surface area contributed by atoms with Crippen LogP contribution in [0.1, 0.15) is 5.56 Å². The Labute approximate surface area is 171 Å². The molecule has 5 rings (SSSR count). The van der Waals surface area contributed by atoms with Crippen LogP contribution in [0, 0.1) is 0 Å². The van der Waals surface area contributed by atoms with Crippen LogP contribution in [-0.2, 0) is 0 Å². The van der Waals surface area contributed by atoms with Crippen LogP contribution >= 0.6 is 0 Å². The minimum atomic E-state index is 1.15. The third-order valence-corrected chi connectivity index (χ3v) is 5.33. The molecule has 29 heavy (non-hydrogen) atoms. The third-order valence-electron chi connectivity index (χ3n) is 5.33. The van der Waals surface area contributed by atoms with Gasteiger partial charge in [0.05, 0.1) is 0 Å². The van der Waals surface area contributed by atoms with Crippen molar-refractivity contribution in [3.8, 4) is 0 Å². The van der Waals surface area contributed by atoms with E-state index in [9.17, 15) is 0 Å². The van der Waals surface area contributed by atoms with Gasteiger partial charge >= 0.3 is 0 Å². The number of rotatable bonds is 4. The molecule has 0 saturated heterocycles. The van der Waals surface area contributed by atoms with E-state index in [0.29, 0.717) is 0 Å². The van der Waals surface area contributed by atoms with Crippen LogP contribution in [0.4, 0.5) is 17.1 Å². The Hall–Kier alpha value is -3.84.